The van der Waals surface area contributed by atoms with Crippen LogP contribution in [0.5, 0.6) is 0 Å². The Morgan fingerprint density at radius 1 is 1.29 bits per heavy atom. The van der Waals surface area contributed by atoms with Gasteiger partial charge in [0.2, 0.25) is 5.91 Å². The summed E-state index contributed by atoms with van der Waals surface area (Å²) in [6.45, 7) is 3.83. The van der Waals surface area contributed by atoms with Crippen molar-refractivity contribution in [2.75, 3.05) is 0 Å². The number of carboxylic acids is 1. The second kappa shape index (κ2) is 8.42. The summed E-state index contributed by atoms with van der Waals surface area (Å²) in [6.07, 6.45) is 1.71. The highest BCUT2D eigenvalue weighted by atomic mass is 16.4. The summed E-state index contributed by atoms with van der Waals surface area (Å²) in [5.41, 5.74) is 6.87. The van der Waals surface area contributed by atoms with E-state index < -0.39 is 24.0 Å². The minimum Gasteiger partial charge on any atom is -0.480 e. The molecule has 0 saturated heterocycles. The van der Waals surface area contributed by atoms with Crippen LogP contribution in [0.3, 0.4) is 0 Å². The van der Waals surface area contributed by atoms with Crippen LogP contribution in [0, 0.1) is 5.92 Å². The first-order chi connectivity index (χ1) is 9.95. The van der Waals surface area contributed by atoms with Crippen LogP contribution in [0.25, 0.3) is 0 Å². The average molecular weight is 292 g/mol. The zero-order valence-corrected chi connectivity index (χ0v) is 12.6. The summed E-state index contributed by atoms with van der Waals surface area (Å²) >= 11 is 0. The van der Waals surface area contributed by atoms with Crippen molar-refractivity contribution in [1.29, 1.82) is 0 Å². The summed E-state index contributed by atoms with van der Waals surface area (Å²) in [4.78, 5) is 23.2. The van der Waals surface area contributed by atoms with E-state index in [1.165, 1.54) is 0 Å². The SMILES string of the molecule is CCC(C)[C@H](N)C(=O)NC(CCc1ccccc1)C(=O)O. The molecule has 1 amide bonds. The molecule has 0 heterocycles. The van der Waals surface area contributed by atoms with Crippen LogP contribution in [0.2, 0.25) is 0 Å². The number of aliphatic carboxylic acids is 1. The van der Waals surface area contributed by atoms with Crippen molar-refractivity contribution in [1.82, 2.24) is 5.32 Å². The second-order valence-electron chi connectivity index (χ2n) is 5.34. The van der Waals surface area contributed by atoms with Gasteiger partial charge in [0.05, 0.1) is 6.04 Å². The lowest BCUT2D eigenvalue weighted by Gasteiger charge is -2.21. The fraction of sp³-hybridized carbons (Fsp3) is 0.500. The van der Waals surface area contributed by atoms with Crippen LogP contribution < -0.4 is 11.1 Å². The molecule has 5 nitrogen and oxygen atoms in total. The van der Waals surface area contributed by atoms with E-state index in [1.54, 1.807) is 0 Å². The van der Waals surface area contributed by atoms with Gasteiger partial charge in [-0.2, -0.15) is 0 Å². The molecule has 3 atom stereocenters. The molecule has 4 N–H and O–H groups in total. The highest BCUT2D eigenvalue weighted by molar-refractivity contribution is 5.86. The number of carboxylic acid groups (broad SMARTS) is 1. The predicted octanol–water partition coefficient (Wildman–Crippen LogP) is 1.56. The summed E-state index contributed by atoms with van der Waals surface area (Å²) < 4.78 is 0. The van der Waals surface area contributed by atoms with Gasteiger partial charge in [0.1, 0.15) is 6.04 Å². The largest absolute Gasteiger partial charge is 0.480 e. The lowest BCUT2D eigenvalue weighted by molar-refractivity contribution is -0.142. The maximum atomic E-state index is 12.0. The average Bonchev–Trinajstić information content (AvgIpc) is 2.50. The first kappa shape index (κ1) is 17.2. The molecular weight excluding hydrogens is 268 g/mol. The van der Waals surface area contributed by atoms with Crippen LogP contribution in [0.15, 0.2) is 30.3 Å². The van der Waals surface area contributed by atoms with Gasteiger partial charge >= 0.3 is 5.97 Å². The molecule has 1 aromatic rings. The number of nitrogens with two attached hydrogens (primary N) is 1. The molecule has 0 radical (unpaired) electrons. The molecule has 0 aliphatic rings. The van der Waals surface area contributed by atoms with E-state index in [0.29, 0.717) is 12.8 Å². The van der Waals surface area contributed by atoms with Gasteiger partial charge in [-0.05, 0) is 24.3 Å². The molecule has 0 aliphatic heterocycles. The molecule has 1 rings (SSSR count). The number of hydrogen-bond donors (Lipinski definition) is 3. The number of nitrogens with one attached hydrogen (secondary N) is 1. The summed E-state index contributed by atoms with van der Waals surface area (Å²) in [7, 11) is 0. The standard InChI is InChI=1S/C16H24N2O3/c1-3-11(2)14(17)15(19)18-13(16(20)21)10-9-12-7-5-4-6-8-12/h4-8,11,13-14H,3,9-10,17H2,1-2H3,(H,18,19)(H,20,21)/t11?,13?,14-/m0/s1. The third-order valence-corrected chi connectivity index (χ3v) is 3.74. The molecule has 0 aliphatic carbocycles. The Bertz CT molecular complexity index is 462. The Kier molecular flexibility index (Phi) is 6.88. The Labute approximate surface area is 125 Å². The molecular formula is C16H24N2O3. The van der Waals surface area contributed by atoms with Crippen molar-refractivity contribution >= 4 is 11.9 Å². The van der Waals surface area contributed by atoms with Gasteiger partial charge in [-0.3, -0.25) is 4.79 Å². The fourth-order valence-electron chi connectivity index (χ4n) is 1.99. The zero-order chi connectivity index (χ0) is 15.8. The minimum atomic E-state index is -1.03. The maximum absolute atomic E-state index is 12.0. The molecule has 1 aromatic carbocycles. The Hall–Kier alpha value is -1.88. The van der Waals surface area contributed by atoms with E-state index in [2.05, 4.69) is 5.32 Å². The zero-order valence-electron chi connectivity index (χ0n) is 12.6. The van der Waals surface area contributed by atoms with Gasteiger partial charge in [-0.1, -0.05) is 50.6 Å². The van der Waals surface area contributed by atoms with E-state index in [9.17, 15) is 14.7 Å². The lowest BCUT2D eigenvalue weighted by atomic mass is 9.98. The first-order valence-electron chi connectivity index (χ1n) is 7.28. The number of hydrogen-bond acceptors (Lipinski definition) is 3. The lowest BCUT2D eigenvalue weighted by Crippen LogP contribution is -2.50. The number of aryl methyl sites for hydroxylation is 1. The molecule has 0 aromatic heterocycles. The molecule has 21 heavy (non-hydrogen) atoms. The van der Waals surface area contributed by atoms with Gasteiger partial charge in [-0.15, -0.1) is 0 Å². The quantitative estimate of drug-likeness (QED) is 0.678. The van der Waals surface area contributed by atoms with Crippen molar-refractivity contribution < 1.29 is 14.7 Å². The van der Waals surface area contributed by atoms with Gasteiger partial charge in [-0.25, -0.2) is 4.79 Å². The summed E-state index contributed by atoms with van der Waals surface area (Å²) in [5.74, 6) is -1.41. The topological polar surface area (TPSA) is 92.4 Å². The van der Waals surface area contributed by atoms with Crippen molar-refractivity contribution in [2.24, 2.45) is 11.7 Å². The van der Waals surface area contributed by atoms with E-state index in [-0.39, 0.29) is 5.92 Å². The van der Waals surface area contributed by atoms with E-state index in [4.69, 9.17) is 5.73 Å². The summed E-state index contributed by atoms with van der Waals surface area (Å²) in [6, 6.07) is 8.01. The highest BCUT2D eigenvalue weighted by Crippen LogP contribution is 2.08. The van der Waals surface area contributed by atoms with Crippen molar-refractivity contribution in [3.8, 4) is 0 Å². The van der Waals surface area contributed by atoms with Crippen molar-refractivity contribution in [2.45, 2.75) is 45.2 Å². The molecule has 116 valence electrons. The Morgan fingerprint density at radius 2 is 1.90 bits per heavy atom. The van der Waals surface area contributed by atoms with Crippen LogP contribution in [0.1, 0.15) is 32.3 Å². The number of rotatable bonds is 8. The molecule has 0 fully saturated rings. The molecule has 0 bridgehead atoms. The Morgan fingerprint density at radius 3 is 2.43 bits per heavy atom. The minimum absolute atomic E-state index is 0.0218. The number of benzene rings is 1. The monoisotopic (exact) mass is 292 g/mol. The first-order valence-corrected chi connectivity index (χ1v) is 7.28. The molecule has 0 saturated carbocycles. The van der Waals surface area contributed by atoms with Crippen molar-refractivity contribution in [3.63, 3.8) is 0 Å². The number of carbonyl (C=O) groups excluding carboxylic acids is 1. The fourth-order valence-corrected chi connectivity index (χ4v) is 1.99. The van der Waals surface area contributed by atoms with Gasteiger partial charge in [0.15, 0.2) is 0 Å². The smallest absolute Gasteiger partial charge is 0.326 e. The van der Waals surface area contributed by atoms with Crippen LogP contribution >= 0.6 is 0 Å². The third-order valence-electron chi connectivity index (χ3n) is 3.74. The van der Waals surface area contributed by atoms with Crippen molar-refractivity contribution in [3.05, 3.63) is 35.9 Å². The normalized spacial score (nSPS) is 15.0. The molecule has 0 spiro atoms. The predicted molar refractivity (Wildman–Crippen MR) is 81.8 cm³/mol. The van der Waals surface area contributed by atoms with E-state index >= 15 is 0 Å². The molecule has 5 heteroatoms. The number of amides is 1. The highest BCUT2D eigenvalue weighted by Gasteiger charge is 2.25. The third kappa shape index (κ3) is 5.55. The van der Waals surface area contributed by atoms with E-state index in [0.717, 1.165) is 12.0 Å². The van der Waals surface area contributed by atoms with Crippen LogP contribution in [0.4, 0.5) is 0 Å². The maximum Gasteiger partial charge on any atom is 0.326 e. The van der Waals surface area contributed by atoms with Crippen LogP contribution in [-0.2, 0) is 16.0 Å². The van der Waals surface area contributed by atoms with E-state index in [1.807, 2.05) is 44.2 Å². The summed E-state index contributed by atoms with van der Waals surface area (Å²) in [5, 5.41) is 11.8. The Balaban J connectivity index is 2.58. The van der Waals surface area contributed by atoms with Gasteiger partial charge < -0.3 is 16.2 Å². The van der Waals surface area contributed by atoms with Gasteiger partial charge in [0.25, 0.3) is 0 Å². The molecule has 2 unspecified atom stereocenters. The number of carbonyl (C=O) groups is 2. The van der Waals surface area contributed by atoms with Gasteiger partial charge in [0, 0.05) is 0 Å². The second-order valence-corrected chi connectivity index (χ2v) is 5.34. The van der Waals surface area contributed by atoms with Crippen LogP contribution in [-0.4, -0.2) is 29.1 Å².